The first kappa shape index (κ1) is 18.8. The molecular weight excluding hydrogens is 392 g/mol. The zero-order chi connectivity index (χ0) is 20.4. The predicted molar refractivity (Wildman–Crippen MR) is 105 cm³/mol. The second-order valence-corrected chi connectivity index (χ2v) is 7.05. The van der Waals surface area contributed by atoms with E-state index in [1.807, 2.05) is 31.2 Å². The van der Waals surface area contributed by atoms with Crippen molar-refractivity contribution < 1.29 is 24.0 Å². The summed E-state index contributed by atoms with van der Waals surface area (Å²) in [5.41, 5.74) is 1.84. The SMILES string of the molecule is CCOc1ccc(-c2nc(CC(=O)ON3C(=O)c4ccccc4C3=O)cs2)cc1. The van der Waals surface area contributed by atoms with Crippen LogP contribution in [0.1, 0.15) is 33.3 Å². The summed E-state index contributed by atoms with van der Waals surface area (Å²) < 4.78 is 5.42. The van der Waals surface area contributed by atoms with Crippen molar-refractivity contribution >= 4 is 29.1 Å². The highest BCUT2D eigenvalue weighted by atomic mass is 32.1. The van der Waals surface area contributed by atoms with Gasteiger partial charge >= 0.3 is 5.97 Å². The Kier molecular flexibility index (Phi) is 5.09. The maximum atomic E-state index is 12.3. The Hall–Kier alpha value is -3.52. The molecule has 0 aliphatic carbocycles. The van der Waals surface area contributed by atoms with Crippen molar-refractivity contribution in [3.05, 3.63) is 70.7 Å². The van der Waals surface area contributed by atoms with Gasteiger partial charge in [0.25, 0.3) is 11.8 Å². The van der Waals surface area contributed by atoms with Crippen LogP contribution in [0, 0.1) is 0 Å². The van der Waals surface area contributed by atoms with E-state index in [1.165, 1.54) is 23.5 Å². The molecule has 1 aliphatic rings. The second kappa shape index (κ2) is 7.84. The van der Waals surface area contributed by atoms with Gasteiger partial charge in [-0.15, -0.1) is 11.3 Å². The lowest BCUT2D eigenvalue weighted by Gasteiger charge is -2.12. The molecule has 0 bridgehead atoms. The normalized spacial score (nSPS) is 12.8. The van der Waals surface area contributed by atoms with Gasteiger partial charge in [-0.3, -0.25) is 9.59 Å². The van der Waals surface area contributed by atoms with Gasteiger partial charge in [0.15, 0.2) is 0 Å². The summed E-state index contributed by atoms with van der Waals surface area (Å²) in [4.78, 5) is 46.2. The number of hydroxylamine groups is 2. The van der Waals surface area contributed by atoms with Crippen molar-refractivity contribution in [3.8, 4) is 16.3 Å². The van der Waals surface area contributed by atoms with E-state index in [-0.39, 0.29) is 17.5 Å². The molecule has 0 saturated carbocycles. The fraction of sp³-hybridized carbons (Fsp3) is 0.143. The average molecular weight is 408 g/mol. The number of aromatic nitrogens is 1. The number of fused-ring (bicyclic) bond motifs is 1. The molecule has 0 fully saturated rings. The van der Waals surface area contributed by atoms with E-state index in [2.05, 4.69) is 4.98 Å². The van der Waals surface area contributed by atoms with E-state index in [0.717, 1.165) is 16.3 Å². The fourth-order valence-electron chi connectivity index (χ4n) is 2.91. The summed E-state index contributed by atoms with van der Waals surface area (Å²) in [6, 6.07) is 13.8. The van der Waals surface area contributed by atoms with Gasteiger partial charge in [0.2, 0.25) is 0 Å². The quantitative estimate of drug-likeness (QED) is 0.580. The minimum Gasteiger partial charge on any atom is -0.494 e. The fourth-order valence-corrected chi connectivity index (χ4v) is 3.74. The first-order chi connectivity index (χ1) is 14.1. The molecule has 0 radical (unpaired) electrons. The van der Waals surface area contributed by atoms with Crippen LogP contribution in [0.15, 0.2) is 53.9 Å². The predicted octanol–water partition coefficient (Wildman–Crippen LogP) is 3.51. The zero-order valence-electron chi connectivity index (χ0n) is 15.5. The maximum Gasteiger partial charge on any atom is 0.339 e. The minimum atomic E-state index is -0.733. The van der Waals surface area contributed by atoms with Crippen LogP contribution in [0.4, 0.5) is 0 Å². The minimum absolute atomic E-state index is 0.152. The molecule has 2 aromatic carbocycles. The third-order valence-electron chi connectivity index (χ3n) is 4.24. The second-order valence-electron chi connectivity index (χ2n) is 6.19. The first-order valence-corrected chi connectivity index (χ1v) is 9.81. The lowest BCUT2D eigenvalue weighted by atomic mass is 10.1. The molecule has 0 saturated heterocycles. The number of hydrogen-bond acceptors (Lipinski definition) is 7. The van der Waals surface area contributed by atoms with E-state index < -0.39 is 17.8 Å². The number of nitrogens with zero attached hydrogens (tertiary/aromatic N) is 2. The average Bonchev–Trinajstić information content (AvgIpc) is 3.28. The first-order valence-electron chi connectivity index (χ1n) is 8.93. The number of hydrogen-bond donors (Lipinski definition) is 0. The molecule has 0 spiro atoms. The van der Waals surface area contributed by atoms with E-state index in [1.54, 1.807) is 17.5 Å². The summed E-state index contributed by atoms with van der Waals surface area (Å²) in [6.45, 7) is 2.51. The van der Waals surface area contributed by atoms with Gasteiger partial charge in [-0.25, -0.2) is 9.78 Å². The van der Waals surface area contributed by atoms with Crippen LogP contribution in [0.3, 0.4) is 0 Å². The molecule has 4 rings (SSSR count). The van der Waals surface area contributed by atoms with Crippen molar-refractivity contribution in [2.45, 2.75) is 13.3 Å². The molecule has 1 aromatic heterocycles. The van der Waals surface area contributed by atoms with Gasteiger partial charge < -0.3 is 9.57 Å². The number of carbonyl (C=O) groups excluding carboxylic acids is 3. The Bertz CT molecular complexity index is 1060. The lowest BCUT2D eigenvalue weighted by Crippen LogP contribution is -2.33. The van der Waals surface area contributed by atoms with Gasteiger partial charge in [0.05, 0.1) is 29.8 Å². The summed E-state index contributed by atoms with van der Waals surface area (Å²) in [5.74, 6) is -1.25. The smallest absolute Gasteiger partial charge is 0.339 e. The number of imide groups is 1. The Labute approximate surface area is 170 Å². The van der Waals surface area contributed by atoms with E-state index in [0.29, 0.717) is 17.4 Å². The molecule has 3 aromatic rings. The van der Waals surface area contributed by atoms with Gasteiger partial charge in [0.1, 0.15) is 10.8 Å². The van der Waals surface area contributed by atoms with Crippen LogP contribution in [0.2, 0.25) is 0 Å². The van der Waals surface area contributed by atoms with E-state index >= 15 is 0 Å². The van der Waals surface area contributed by atoms with Gasteiger partial charge in [0, 0.05) is 10.9 Å². The lowest BCUT2D eigenvalue weighted by molar-refractivity contribution is -0.167. The van der Waals surface area contributed by atoms with Gasteiger partial charge in [-0.05, 0) is 43.3 Å². The molecule has 2 heterocycles. The zero-order valence-corrected chi connectivity index (χ0v) is 16.3. The Balaban J connectivity index is 1.41. The van der Waals surface area contributed by atoms with E-state index in [4.69, 9.17) is 9.57 Å². The number of benzene rings is 2. The van der Waals surface area contributed by atoms with Crippen LogP contribution < -0.4 is 4.74 Å². The molecule has 0 atom stereocenters. The van der Waals surface area contributed by atoms with E-state index in [9.17, 15) is 14.4 Å². The monoisotopic (exact) mass is 408 g/mol. The molecule has 2 amide bonds. The van der Waals surface area contributed by atoms with Gasteiger partial charge in [-0.1, -0.05) is 17.2 Å². The number of amides is 2. The van der Waals surface area contributed by atoms with Crippen molar-refractivity contribution in [1.29, 1.82) is 0 Å². The molecule has 0 N–H and O–H groups in total. The van der Waals surface area contributed by atoms with Crippen molar-refractivity contribution in [3.63, 3.8) is 0 Å². The summed E-state index contributed by atoms with van der Waals surface area (Å²) in [6.07, 6.45) is -0.152. The van der Waals surface area contributed by atoms with Crippen molar-refractivity contribution in [2.24, 2.45) is 0 Å². The number of rotatable bonds is 6. The van der Waals surface area contributed by atoms with Crippen molar-refractivity contribution in [2.75, 3.05) is 6.61 Å². The standard InChI is InChI=1S/C21H16N2O5S/c1-2-27-15-9-7-13(8-10-15)19-22-14(12-29-19)11-18(24)28-23-20(25)16-5-3-4-6-17(16)21(23)26/h3-10,12H,2,11H2,1H3. The number of thiazole rings is 1. The van der Waals surface area contributed by atoms with Crippen LogP contribution in [0.25, 0.3) is 10.6 Å². The Morgan fingerprint density at radius 1 is 1.03 bits per heavy atom. The molecule has 7 nitrogen and oxygen atoms in total. The maximum absolute atomic E-state index is 12.3. The molecule has 0 unspecified atom stereocenters. The Morgan fingerprint density at radius 2 is 1.69 bits per heavy atom. The summed E-state index contributed by atoms with van der Waals surface area (Å²) in [7, 11) is 0. The van der Waals surface area contributed by atoms with Crippen molar-refractivity contribution in [1.82, 2.24) is 10.0 Å². The van der Waals surface area contributed by atoms with Crippen LogP contribution in [0.5, 0.6) is 5.75 Å². The summed E-state index contributed by atoms with van der Waals surface area (Å²) in [5, 5.41) is 3.00. The topological polar surface area (TPSA) is 85.8 Å². The van der Waals surface area contributed by atoms with Crippen LogP contribution >= 0.6 is 11.3 Å². The molecular formula is C21H16N2O5S. The summed E-state index contributed by atoms with van der Waals surface area (Å²) >= 11 is 1.39. The largest absolute Gasteiger partial charge is 0.494 e. The molecule has 146 valence electrons. The number of carbonyl (C=O) groups is 3. The molecule has 8 heteroatoms. The molecule has 1 aliphatic heterocycles. The van der Waals surface area contributed by atoms with Crippen LogP contribution in [-0.2, 0) is 16.1 Å². The third-order valence-corrected chi connectivity index (χ3v) is 5.18. The highest BCUT2D eigenvalue weighted by molar-refractivity contribution is 7.13. The van der Waals surface area contributed by atoms with Crippen LogP contribution in [-0.4, -0.2) is 34.4 Å². The highest BCUT2D eigenvalue weighted by Gasteiger charge is 2.38. The Morgan fingerprint density at radius 3 is 2.31 bits per heavy atom. The van der Waals surface area contributed by atoms with Gasteiger partial charge in [-0.2, -0.15) is 0 Å². The highest BCUT2D eigenvalue weighted by Crippen LogP contribution is 2.27. The molecule has 29 heavy (non-hydrogen) atoms. The third kappa shape index (κ3) is 3.74. The number of ether oxygens (including phenoxy) is 1.